The van der Waals surface area contributed by atoms with E-state index in [1.54, 1.807) is 36.4 Å². The number of aromatic carboxylic acids is 1. The van der Waals surface area contributed by atoms with Crippen LogP contribution >= 0.6 is 0 Å². The molecule has 0 radical (unpaired) electrons. The highest BCUT2D eigenvalue weighted by atomic mass is 16.4. The average molecular weight is 374 g/mol. The number of hydrogen-bond donors (Lipinski definition) is 3. The summed E-state index contributed by atoms with van der Waals surface area (Å²) in [6.07, 6.45) is 0. The van der Waals surface area contributed by atoms with Crippen LogP contribution in [0.4, 0.5) is 5.69 Å². The number of benzene rings is 3. The molecule has 0 fully saturated rings. The number of amides is 2. The Labute approximate surface area is 161 Å². The third-order valence-corrected chi connectivity index (χ3v) is 4.10. The Morgan fingerprint density at radius 3 is 1.96 bits per heavy atom. The van der Waals surface area contributed by atoms with Crippen LogP contribution in [0.15, 0.2) is 78.9 Å². The number of rotatable bonds is 6. The fraction of sp³-hybridized carbons (Fsp3) is 0.0455. The Hall–Kier alpha value is -3.93. The van der Waals surface area contributed by atoms with Crippen LogP contribution in [-0.4, -0.2) is 22.9 Å². The zero-order valence-corrected chi connectivity index (χ0v) is 14.9. The van der Waals surface area contributed by atoms with Crippen molar-refractivity contribution in [2.45, 2.75) is 6.54 Å². The SMILES string of the molecule is O=C(NCc1ccccc1)c1ccc(NC(=O)c2ccccc2C(=O)O)cc1. The van der Waals surface area contributed by atoms with Crippen molar-refractivity contribution in [3.8, 4) is 0 Å². The molecule has 0 aliphatic rings. The molecular weight excluding hydrogens is 356 g/mol. The summed E-state index contributed by atoms with van der Waals surface area (Å²) in [7, 11) is 0. The van der Waals surface area contributed by atoms with Gasteiger partial charge in [-0.15, -0.1) is 0 Å². The van der Waals surface area contributed by atoms with E-state index in [0.29, 0.717) is 17.8 Å². The first-order valence-corrected chi connectivity index (χ1v) is 8.60. The van der Waals surface area contributed by atoms with Gasteiger partial charge < -0.3 is 15.7 Å². The minimum Gasteiger partial charge on any atom is -0.478 e. The molecule has 140 valence electrons. The lowest BCUT2D eigenvalue weighted by Crippen LogP contribution is -2.22. The number of carbonyl (C=O) groups excluding carboxylic acids is 2. The highest BCUT2D eigenvalue weighted by Gasteiger charge is 2.16. The number of anilines is 1. The molecule has 28 heavy (non-hydrogen) atoms. The van der Waals surface area contributed by atoms with Gasteiger partial charge in [0.05, 0.1) is 11.1 Å². The minimum atomic E-state index is -1.17. The van der Waals surface area contributed by atoms with Gasteiger partial charge in [0.15, 0.2) is 0 Å². The van der Waals surface area contributed by atoms with E-state index in [9.17, 15) is 19.5 Å². The van der Waals surface area contributed by atoms with Gasteiger partial charge in [0, 0.05) is 17.8 Å². The summed E-state index contributed by atoms with van der Waals surface area (Å²) < 4.78 is 0. The first kappa shape index (κ1) is 18.8. The van der Waals surface area contributed by atoms with E-state index < -0.39 is 11.9 Å². The zero-order chi connectivity index (χ0) is 19.9. The highest BCUT2D eigenvalue weighted by Crippen LogP contribution is 2.14. The van der Waals surface area contributed by atoms with E-state index in [1.807, 2.05) is 30.3 Å². The van der Waals surface area contributed by atoms with Crippen molar-refractivity contribution < 1.29 is 19.5 Å². The number of carboxylic acid groups (broad SMARTS) is 1. The van der Waals surface area contributed by atoms with Crippen molar-refractivity contribution in [1.82, 2.24) is 5.32 Å². The summed E-state index contributed by atoms with van der Waals surface area (Å²) in [5.74, 6) is -1.92. The van der Waals surface area contributed by atoms with Crippen LogP contribution < -0.4 is 10.6 Å². The van der Waals surface area contributed by atoms with Crippen molar-refractivity contribution in [2.24, 2.45) is 0 Å². The molecule has 3 N–H and O–H groups in total. The predicted octanol–water partition coefficient (Wildman–Crippen LogP) is 3.57. The molecule has 0 spiro atoms. The minimum absolute atomic E-state index is 0.0691. The fourth-order valence-corrected chi connectivity index (χ4v) is 2.65. The van der Waals surface area contributed by atoms with Crippen molar-refractivity contribution in [2.75, 3.05) is 5.32 Å². The van der Waals surface area contributed by atoms with E-state index in [4.69, 9.17) is 0 Å². The van der Waals surface area contributed by atoms with E-state index >= 15 is 0 Å². The Bertz CT molecular complexity index is 999. The smallest absolute Gasteiger partial charge is 0.336 e. The van der Waals surface area contributed by atoms with E-state index in [2.05, 4.69) is 10.6 Å². The molecule has 0 bridgehead atoms. The largest absolute Gasteiger partial charge is 0.478 e. The van der Waals surface area contributed by atoms with Crippen molar-refractivity contribution >= 4 is 23.5 Å². The molecule has 0 saturated carbocycles. The van der Waals surface area contributed by atoms with Crippen molar-refractivity contribution in [3.63, 3.8) is 0 Å². The first-order valence-electron chi connectivity index (χ1n) is 8.60. The van der Waals surface area contributed by atoms with Gasteiger partial charge in [-0.1, -0.05) is 42.5 Å². The second-order valence-electron chi connectivity index (χ2n) is 6.05. The van der Waals surface area contributed by atoms with Gasteiger partial charge in [-0.05, 0) is 42.0 Å². The summed E-state index contributed by atoms with van der Waals surface area (Å²) in [5.41, 5.74) is 1.91. The lowest BCUT2D eigenvalue weighted by Gasteiger charge is -2.09. The molecule has 3 rings (SSSR count). The van der Waals surface area contributed by atoms with Gasteiger partial charge in [-0.25, -0.2) is 4.79 Å². The number of carboxylic acids is 1. The monoisotopic (exact) mass is 374 g/mol. The second-order valence-corrected chi connectivity index (χ2v) is 6.05. The summed E-state index contributed by atoms with van der Waals surface area (Å²) in [4.78, 5) is 35.8. The maximum Gasteiger partial charge on any atom is 0.336 e. The highest BCUT2D eigenvalue weighted by molar-refractivity contribution is 6.10. The van der Waals surface area contributed by atoms with Gasteiger partial charge in [0.2, 0.25) is 0 Å². The molecule has 3 aromatic carbocycles. The Balaban J connectivity index is 1.63. The third kappa shape index (κ3) is 4.62. The molecule has 3 aromatic rings. The number of carbonyl (C=O) groups is 3. The topological polar surface area (TPSA) is 95.5 Å². The summed E-state index contributed by atoms with van der Waals surface area (Å²) in [6, 6.07) is 21.9. The quantitative estimate of drug-likeness (QED) is 0.615. The summed E-state index contributed by atoms with van der Waals surface area (Å²) in [6.45, 7) is 0.421. The van der Waals surface area contributed by atoms with Crippen LogP contribution in [0.3, 0.4) is 0 Å². The zero-order valence-electron chi connectivity index (χ0n) is 14.9. The van der Waals surface area contributed by atoms with E-state index in [-0.39, 0.29) is 17.0 Å². The van der Waals surface area contributed by atoms with Gasteiger partial charge >= 0.3 is 5.97 Å². The molecule has 0 unspecified atom stereocenters. The van der Waals surface area contributed by atoms with Crippen molar-refractivity contribution in [1.29, 1.82) is 0 Å². The van der Waals surface area contributed by atoms with E-state index in [1.165, 1.54) is 12.1 Å². The van der Waals surface area contributed by atoms with Crippen LogP contribution in [0.25, 0.3) is 0 Å². The molecule has 0 aliphatic heterocycles. The number of nitrogens with one attached hydrogen (secondary N) is 2. The number of hydrogen-bond acceptors (Lipinski definition) is 3. The molecule has 6 heteroatoms. The van der Waals surface area contributed by atoms with Gasteiger partial charge in [-0.2, -0.15) is 0 Å². The average Bonchev–Trinajstić information content (AvgIpc) is 2.73. The predicted molar refractivity (Wildman–Crippen MR) is 105 cm³/mol. The molecule has 0 aromatic heterocycles. The van der Waals surface area contributed by atoms with Crippen LogP contribution in [-0.2, 0) is 6.54 Å². The van der Waals surface area contributed by atoms with Crippen molar-refractivity contribution in [3.05, 3.63) is 101 Å². The van der Waals surface area contributed by atoms with E-state index in [0.717, 1.165) is 5.56 Å². The lowest BCUT2D eigenvalue weighted by molar-refractivity contribution is 0.0692. The molecule has 6 nitrogen and oxygen atoms in total. The Morgan fingerprint density at radius 2 is 1.32 bits per heavy atom. The molecule has 0 saturated heterocycles. The normalized spacial score (nSPS) is 10.1. The maximum atomic E-state index is 12.4. The lowest BCUT2D eigenvalue weighted by atomic mass is 10.1. The summed E-state index contributed by atoms with van der Waals surface area (Å²) in [5, 5.41) is 14.7. The van der Waals surface area contributed by atoms with Crippen LogP contribution in [0.5, 0.6) is 0 Å². The van der Waals surface area contributed by atoms with Crippen LogP contribution in [0, 0.1) is 0 Å². The maximum absolute atomic E-state index is 12.4. The molecule has 2 amide bonds. The van der Waals surface area contributed by atoms with Gasteiger partial charge in [0.1, 0.15) is 0 Å². The Kier molecular flexibility index (Phi) is 5.81. The van der Waals surface area contributed by atoms with Crippen LogP contribution in [0.1, 0.15) is 36.6 Å². The molecule has 0 heterocycles. The molecule has 0 aliphatic carbocycles. The third-order valence-electron chi connectivity index (χ3n) is 4.10. The van der Waals surface area contributed by atoms with Crippen LogP contribution in [0.2, 0.25) is 0 Å². The second kappa shape index (κ2) is 8.64. The molecule has 0 atom stereocenters. The summed E-state index contributed by atoms with van der Waals surface area (Å²) >= 11 is 0. The fourth-order valence-electron chi connectivity index (χ4n) is 2.65. The van der Waals surface area contributed by atoms with Gasteiger partial charge in [-0.3, -0.25) is 9.59 Å². The molecular formula is C22H18N2O4. The van der Waals surface area contributed by atoms with Gasteiger partial charge in [0.25, 0.3) is 11.8 Å². The first-order chi connectivity index (χ1) is 13.5. The Morgan fingerprint density at radius 1 is 0.714 bits per heavy atom. The standard InChI is InChI=1S/C22H18N2O4/c25-20(23-14-15-6-2-1-3-7-15)16-10-12-17(13-11-16)24-21(26)18-8-4-5-9-19(18)22(27)28/h1-13H,14H2,(H,23,25)(H,24,26)(H,27,28).